The van der Waals surface area contributed by atoms with Gasteiger partial charge in [0.2, 0.25) is 5.91 Å². The van der Waals surface area contributed by atoms with Gasteiger partial charge in [-0.1, -0.05) is 32.8 Å². The first-order valence-corrected chi connectivity index (χ1v) is 7.61. The van der Waals surface area contributed by atoms with E-state index in [1.807, 2.05) is 13.8 Å². The van der Waals surface area contributed by atoms with Crippen molar-refractivity contribution in [2.75, 3.05) is 0 Å². The fraction of sp³-hybridized carbons (Fsp3) is 0.588. The second kappa shape index (κ2) is 6.56. The van der Waals surface area contributed by atoms with Crippen LogP contribution in [0, 0.1) is 17.2 Å². The summed E-state index contributed by atoms with van der Waals surface area (Å²) in [4.78, 5) is 12.4. The van der Waals surface area contributed by atoms with E-state index in [4.69, 9.17) is 5.11 Å². The van der Waals surface area contributed by atoms with E-state index >= 15 is 0 Å². The Morgan fingerprint density at radius 1 is 1.38 bits per heavy atom. The summed E-state index contributed by atoms with van der Waals surface area (Å²) < 4.78 is 13.3. The summed E-state index contributed by atoms with van der Waals surface area (Å²) in [6.07, 6.45) is 4.65. The molecule has 2 rings (SSSR count). The zero-order valence-corrected chi connectivity index (χ0v) is 12.8. The first-order chi connectivity index (χ1) is 9.95. The van der Waals surface area contributed by atoms with Crippen LogP contribution in [-0.2, 0) is 17.9 Å². The highest BCUT2D eigenvalue weighted by molar-refractivity contribution is 5.82. The molecule has 0 aromatic heterocycles. The van der Waals surface area contributed by atoms with Gasteiger partial charge in [0.25, 0.3) is 0 Å². The van der Waals surface area contributed by atoms with E-state index in [2.05, 4.69) is 5.32 Å². The Hall–Kier alpha value is -1.42. The predicted octanol–water partition coefficient (Wildman–Crippen LogP) is 3.15. The maximum Gasteiger partial charge on any atom is 0.226 e. The molecule has 0 radical (unpaired) electrons. The first kappa shape index (κ1) is 16.0. The van der Waals surface area contributed by atoms with Crippen molar-refractivity contribution < 1.29 is 14.3 Å². The molecule has 1 aliphatic rings. The van der Waals surface area contributed by atoms with Gasteiger partial charge in [-0.25, -0.2) is 4.39 Å². The van der Waals surface area contributed by atoms with Crippen LogP contribution >= 0.6 is 0 Å². The summed E-state index contributed by atoms with van der Waals surface area (Å²) >= 11 is 0. The smallest absolute Gasteiger partial charge is 0.226 e. The lowest BCUT2D eigenvalue weighted by atomic mass is 9.77. The highest BCUT2D eigenvalue weighted by Crippen LogP contribution is 2.39. The molecule has 4 heteroatoms. The van der Waals surface area contributed by atoms with Gasteiger partial charge in [-0.05, 0) is 36.5 Å². The van der Waals surface area contributed by atoms with Gasteiger partial charge >= 0.3 is 0 Å². The van der Waals surface area contributed by atoms with Gasteiger partial charge in [-0.3, -0.25) is 4.79 Å². The number of nitrogens with one attached hydrogen (secondary N) is 1. The van der Waals surface area contributed by atoms with Crippen LogP contribution in [0.15, 0.2) is 18.2 Å². The number of carbonyl (C=O) groups excluding carboxylic acids is 1. The van der Waals surface area contributed by atoms with Gasteiger partial charge in [-0.2, -0.15) is 0 Å². The van der Waals surface area contributed by atoms with E-state index in [0.29, 0.717) is 12.5 Å². The second-order valence-corrected chi connectivity index (χ2v) is 6.47. The third-order valence-electron chi connectivity index (χ3n) is 4.69. The minimum absolute atomic E-state index is 0.0456. The topological polar surface area (TPSA) is 49.3 Å². The summed E-state index contributed by atoms with van der Waals surface area (Å²) in [5.74, 6) is 0.0712. The SMILES string of the molecule is CC(C)(C(=O)NCc1ccc(F)c(CO)c1)C1CCCC1. The fourth-order valence-corrected chi connectivity index (χ4v) is 3.10. The second-order valence-electron chi connectivity index (χ2n) is 6.47. The third kappa shape index (κ3) is 3.62. The van der Waals surface area contributed by atoms with E-state index in [-0.39, 0.29) is 23.5 Å². The van der Waals surface area contributed by atoms with E-state index < -0.39 is 5.82 Å². The molecule has 0 bridgehead atoms. The third-order valence-corrected chi connectivity index (χ3v) is 4.69. The van der Waals surface area contributed by atoms with Gasteiger partial charge in [-0.15, -0.1) is 0 Å². The lowest BCUT2D eigenvalue weighted by Gasteiger charge is -2.30. The summed E-state index contributed by atoms with van der Waals surface area (Å²) in [5, 5.41) is 12.0. The first-order valence-electron chi connectivity index (χ1n) is 7.61. The van der Waals surface area contributed by atoms with Crippen molar-refractivity contribution in [2.24, 2.45) is 11.3 Å². The van der Waals surface area contributed by atoms with Crippen LogP contribution in [0.4, 0.5) is 4.39 Å². The van der Waals surface area contributed by atoms with Crippen molar-refractivity contribution in [3.63, 3.8) is 0 Å². The number of aliphatic hydroxyl groups excluding tert-OH is 1. The Kier molecular flexibility index (Phi) is 4.99. The van der Waals surface area contributed by atoms with Crippen molar-refractivity contribution in [1.82, 2.24) is 5.32 Å². The highest BCUT2D eigenvalue weighted by Gasteiger charge is 2.37. The van der Waals surface area contributed by atoms with Crippen LogP contribution in [0.5, 0.6) is 0 Å². The summed E-state index contributed by atoms with van der Waals surface area (Å²) in [6, 6.07) is 4.56. The molecule has 0 aliphatic heterocycles. The molecule has 1 saturated carbocycles. The molecule has 0 heterocycles. The van der Waals surface area contributed by atoms with Gasteiger partial charge in [0.05, 0.1) is 6.61 Å². The average Bonchev–Trinajstić information content (AvgIpc) is 3.00. The average molecular weight is 293 g/mol. The Morgan fingerprint density at radius 3 is 2.67 bits per heavy atom. The van der Waals surface area contributed by atoms with Crippen molar-refractivity contribution in [3.05, 3.63) is 35.1 Å². The van der Waals surface area contributed by atoms with Crippen LogP contribution < -0.4 is 5.32 Å². The molecule has 1 aromatic rings. The van der Waals surface area contributed by atoms with E-state index in [1.54, 1.807) is 12.1 Å². The maximum absolute atomic E-state index is 13.3. The van der Waals surface area contributed by atoms with Crippen LogP contribution in [0.25, 0.3) is 0 Å². The molecule has 1 fully saturated rings. The summed E-state index contributed by atoms with van der Waals surface area (Å²) in [6.45, 7) is 4.04. The molecule has 0 unspecified atom stereocenters. The minimum Gasteiger partial charge on any atom is -0.392 e. The maximum atomic E-state index is 13.3. The zero-order chi connectivity index (χ0) is 15.5. The Balaban J connectivity index is 1.97. The van der Waals surface area contributed by atoms with Crippen molar-refractivity contribution in [1.29, 1.82) is 0 Å². The van der Waals surface area contributed by atoms with Gasteiger partial charge in [0.15, 0.2) is 0 Å². The van der Waals surface area contributed by atoms with Crippen LogP contribution in [0.3, 0.4) is 0 Å². The van der Waals surface area contributed by atoms with Gasteiger partial charge in [0.1, 0.15) is 5.82 Å². The van der Waals surface area contributed by atoms with Crippen molar-refractivity contribution in [2.45, 2.75) is 52.7 Å². The lowest BCUT2D eigenvalue weighted by molar-refractivity contribution is -0.132. The minimum atomic E-state index is -0.418. The van der Waals surface area contributed by atoms with Crippen molar-refractivity contribution in [3.8, 4) is 0 Å². The van der Waals surface area contributed by atoms with Gasteiger partial charge < -0.3 is 10.4 Å². The molecule has 2 N–H and O–H groups in total. The molecule has 0 atom stereocenters. The monoisotopic (exact) mass is 293 g/mol. The highest BCUT2D eigenvalue weighted by atomic mass is 19.1. The number of aliphatic hydroxyl groups is 1. The summed E-state index contributed by atoms with van der Waals surface area (Å²) in [7, 11) is 0. The number of hydrogen-bond donors (Lipinski definition) is 2. The number of benzene rings is 1. The molecule has 1 aliphatic carbocycles. The van der Waals surface area contributed by atoms with Gasteiger partial charge in [0, 0.05) is 17.5 Å². The molecule has 1 aromatic carbocycles. The molecule has 116 valence electrons. The fourth-order valence-electron chi connectivity index (χ4n) is 3.10. The molecule has 0 spiro atoms. The van der Waals surface area contributed by atoms with Crippen LogP contribution in [0.1, 0.15) is 50.7 Å². The summed E-state index contributed by atoms with van der Waals surface area (Å²) in [5.41, 5.74) is 0.698. The quantitative estimate of drug-likeness (QED) is 0.876. The van der Waals surface area contributed by atoms with Crippen LogP contribution in [0.2, 0.25) is 0 Å². The zero-order valence-electron chi connectivity index (χ0n) is 12.8. The number of hydrogen-bond acceptors (Lipinski definition) is 2. The molecular weight excluding hydrogens is 269 g/mol. The molecule has 3 nitrogen and oxygen atoms in total. The number of halogens is 1. The molecule has 21 heavy (non-hydrogen) atoms. The largest absolute Gasteiger partial charge is 0.392 e. The van der Waals surface area contributed by atoms with Crippen molar-refractivity contribution >= 4 is 5.91 Å². The Labute approximate surface area is 125 Å². The Morgan fingerprint density at radius 2 is 2.05 bits per heavy atom. The standard InChI is InChI=1S/C17H24FNO2/c1-17(2,14-5-3-4-6-14)16(21)19-10-12-7-8-15(18)13(9-12)11-20/h7-9,14,20H,3-6,10-11H2,1-2H3,(H,19,21). The predicted molar refractivity (Wildman–Crippen MR) is 79.9 cm³/mol. The van der Waals surface area contributed by atoms with E-state index in [0.717, 1.165) is 18.4 Å². The molecule has 1 amide bonds. The number of carbonyl (C=O) groups is 1. The van der Waals surface area contributed by atoms with Crippen LogP contribution in [-0.4, -0.2) is 11.0 Å². The van der Waals surface area contributed by atoms with E-state index in [1.165, 1.54) is 18.9 Å². The number of rotatable bonds is 5. The lowest BCUT2D eigenvalue weighted by Crippen LogP contribution is -2.40. The normalized spacial score (nSPS) is 16.2. The molecular formula is C17H24FNO2. The van der Waals surface area contributed by atoms with E-state index in [9.17, 15) is 9.18 Å². The Bertz CT molecular complexity index is 508. The molecule has 0 saturated heterocycles. The number of amides is 1.